The number of H-pyrrole nitrogens is 5. The Labute approximate surface area is 424 Å². The molecule has 29 heteroatoms. The van der Waals surface area contributed by atoms with Gasteiger partial charge in [0.2, 0.25) is 10.3 Å². The predicted octanol–water partition coefficient (Wildman–Crippen LogP) is 7.17. The normalized spacial score (nSPS) is 9.54. The van der Waals surface area contributed by atoms with Crippen molar-refractivity contribution >= 4 is 101 Å². The number of aliphatic imine (C=N–C) groups is 1. The van der Waals surface area contributed by atoms with Crippen molar-refractivity contribution in [1.29, 1.82) is 0 Å². The molecule has 15 N–H and O–H groups in total. The number of aromatic nitrogens is 14. The number of thiazole rings is 2. The van der Waals surface area contributed by atoms with Gasteiger partial charge in [0.25, 0.3) is 0 Å². The van der Waals surface area contributed by atoms with Crippen molar-refractivity contribution in [3.8, 4) is 0 Å². The Balaban J connectivity index is 0.000000389. The summed E-state index contributed by atoms with van der Waals surface area (Å²) in [5.74, 6) is 3.75. The first-order chi connectivity index (χ1) is 34.3. The second-order valence-corrected chi connectivity index (χ2v) is 15.3. The van der Waals surface area contributed by atoms with Crippen molar-refractivity contribution in [3.05, 3.63) is 121 Å². The molecule has 0 atom stereocenters. The summed E-state index contributed by atoms with van der Waals surface area (Å²) >= 11 is 6.04. The van der Waals surface area contributed by atoms with Crippen LogP contribution < -0.4 is 53.2 Å². The zero-order valence-corrected chi connectivity index (χ0v) is 44.1. The van der Waals surface area contributed by atoms with Crippen molar-refractivity contribution in [2.75, 3.05) is 125 Å². The second-order valence-electron chi connectivity index (χ2n) is 11.9. The predicted molar refractivity (Wildman–Crippen MR) is 298 cm³/mol. The molecule has 0 unspecified atom stereocenters. The molecule has 0 fully saturated rings. The van der Waals surface area contributed by atoms with Crippen LogP contribution in [0.5, 0.6) is 0 Å². The fourth-order valence-corrected chi connectivity index (χ4v) is 5.68. The smallest absolute Gasteiger partial charge is 0.205 e. The highest BCUT2D eigenvalue weighted by Crippen LogP contribution is 2.10. The number of nitrogens with one attached hydrogen (secondary N) is 15. The lowest BCUT2D eigenvalue weighted by atomic mass is 10.5. The number of hydrogen-bond acceptors (Lipinski definition) is 24. The third-order valence-electron chi connectivity index (χ3n) is 7.44. The van der Waals surface area contributed by atoms with Crippen LogP contribution in [0, 0.1) is 0 Å². The third-order valence-corrected chi connectivity index (χ3v) is 10.4. The minimum Gasteiger partial charge on any atom is -0.387 e. The molecule has 10 rings (SSSR count). The fourth-order valence-electron chi connectivity index (χ4n) is 3.93. The van der Waals surface area contributed by atoms with E-state index in [0.29, 0.717) is 0 Å². The molecule has 0 spiro atoms. The Morgan fingerprint density at radius 3 is 1.67 bits per heavy atom. The van der Waals surface area contributed by atoms with Crippen molar-refractivity contribution in [2.24, 2.45) is 4.99 Å². The quantitative estimate of drug-likeness (QED) is 0.0645. The summed E-state index contributed by atoms with van der Waals surface area (Å²) in [7, 11) is 18.5. The SMILES string of the molecule is CNC1=CCN=C1.CNc1cc[nH]c1.CNc1ccc[nH]1.CNc1ccn[nH]1.CNc1cnc[nH]1.CNc1cncs1.CNc1ncc[nH]1.CNc1nccs1.CNc1ncns1.CNc1nncs1. The van der Waals surface area contributed by atoms with Crippen molar-refractivity contribution in [3.63, 3.8) is 0 Å². The molecule has 0 radical (unpaired) electrons. The number of hydrogen-bond donors (Lipinski definition) is 15. The van der Waals surface area contributed by atoms with Crippen LogP contribution in [0.15, 0.2) is 126 Å². The monoisotopic (exact) mass is 1040 g/mol. The van der Waals surface area contributed by atoms with Gasteiger partial charge >= 0.3 is 0 Å². The van der Waals surface area contributed by atoms with Gasteiger partial charge in [-0.05, 0) is 30.3 Å². The van der Waals surface area contributed by atoms with E-state index in [1.807, 2.05) is 131 Å². The lowest BCUT2D eigenvalue weighted by Crippen LogP contribution is -2.03. The first-order valence-electron chi connectivity index (χ1n) is 20.8. The van der Waals surface area contributed by atoms with Gasteiger partial charge in [0, 0.05) is 136 Å². The highest BCUT2D eigenvalue weighted by molar-refractivity contribution is 7.14. The number of allylic oxidation sites excluding steroid dienone is 1. The molecule has 0 saturated heterocycles. The number of aromatic amines is 5. The van der Waals surface area contributed by atoms with Crippen molar-refractivity contribution in [1.82, 2.24) is 74.9 Å². The van der Waals surface area contributed by atoms with E-state index in [-0.39, 0.29) is 0 Å². The molecule has 0 aromatic carbocycles. The Bertz CT molecular complexity index is 1860. The lowest BCUT2D eigenvalue weighted by Gasteiger charge is -1.89. The van der Waals surface area contributed by atoms with Crippen molar-refractivity contribution < 1.29 is 0 Å². The van der Waals surface area contributed by atoms with E-state index in [0.717, 1.165) is 61.7 Å². The summed E-state index contributed by atoms with van der Waals surface area (Å²) in [5, 5.41) is 48.6. The highest BCUT2D eigenvalue weighted by Gasteiger charge is 1.91. The van der Waals surface area contributed by atoms with E-state index in [9.17, 15) is 0 Å². The van der Waals surface area contributed by atoms with Gasteiger partial charge in [-0.1, -0.05) is 11.3 Å². The molecule has 0 aliphatic carbocycles. The summed E-state index contributed by atoms with van der Waals surface area (Å²) in [5.41, 5.74) is 5.73. The summed E-state index contributed by atoms with van der Waals surface area (Å²) in [4.78, 5) is 34.8. The maximum atomic E-state index is 3.96. The zero-order chi connectivity index (χ0) is 51.1. The Kier molecular flexibility index (Phi) is 36.3. The topological polar surface area (TPSA) is 328 Å². The zero-order valence-electron chi connectivity index (χ0n) is 40.9. The van der Waals surface area contributed by atoms with Crippen LogP contribution in [0.2, 0.25) is 0 Å². The van der Waals surface area contributed by atoms with Crippen LogP contribution in [-0.4, -0.2) is 153 Å². The van der Waals surface area contributed by atoms with E-state index < -0.39 is 0 Å². The Hall–Kier alpha value is -8.02. The van der Waals surface area contributed by atoms with Gasteiger partial charge in [-0.25, -0.2) is 19.9 Å². The lowest BCUT2D eigenvalue weighted by molar-refractivity contribution is 1.06. The molecule has 0 amide bonds. The molecule has 9 aromatic rings. The summed E-state index contributed by atoms with van der Waals surface area (Å²) in [6.07, 6.45) is 23.2. The molecule has 380 valence electrons. The fraction of sp³-hybridized carbons (Fsp3) is 0.268. The van der Waals surface area contributed by atoms with Gasteiger partial charge in [0.05, 0.1) is 42.7 Å². The van der Waals surface area contributed by atoms with E-state index in [2.05, 4.69) is 128 Å². The second kappa shape index (κ2) is 42.3. The van der Waals surface area contributed by atoms with E-state index in [4.69, 9.17) is 0 Å². The van der Waals surface area contributed by atoms with Gasteiger partial charge in [0.15, 0.2) is 11.1 Å². The van der Waals surface area contributed by atoms with Crippen LogP contribution in [-0.2, 0) is 0 Å². The van der Waals surface area contributed by atoms with Crippen LogP contribution in [0.25, 0.3) is 0 Å². The number of rotatable bonds is 10. The average Bonchev–Trinajstić information content (AvgIpc) is 4.27. The molecule has 70 heavy (non-hydrogen) atoms. The van der Waals surface area contributed by atoms with E-state index >= 15 is 0 Å². The number of anilines is 9. The molecule has 25 nitrogen and oxygen atoms in total. The standard InChI is InChI=1S/3C5H8N2.3C4H7N3.2C4H6N2S.2C3H5N3S/c2*1-6-5-2-3-7-4-5;1-6-5-3-2-4-7-5;1-5-4-2-6-3-7-4;1-5-4-6-2-3-7-4;1-5-4-2-3-6-7-4;1-5-4-2-6-3-7-4;1-5-4-6-2-3-7-4;1-4-3-6-5-2-7-3;1-4-3-5-2-6-7-3/h2,4,6H,3H2,1H3;2*2-4,6-7H,1H3;2-3,5H,1H3,(H,6,7);2*2-3H,1H3,(H2,5,6,7);2-3,5H,1H3;2-3H,1H3,(H,5,6);2H,1H3,(H,4,6);2H,1H3,(H,4,5,6). The van der Waals surface area contributed by atoms with Crippen molar-refractivity contribution in [2.45, 2.75) is 0 Å². The van der Waals surface area contributed by atoms with Gasteiger partial charge in [0.1, 0.15) is 34.3 Å². The maximum absolute atomic E-state index is 3.96. The van der Waals surface area contributed by atoms with Crippen LogP contribution in [0.3, 0.4) is 0 Å². The third kappa shape index (κ3) is 31.0. The van der Waals surface area contributed by atoms with Crippen LogP contribution in [0.4, 0.5) is 49.5 Å². The molecule has 1 aliphatic rings. The molecule has 1 aliphatic heterocycles. The van der Waals surface area contributed by atoms with E-state index in [1.54, 1.807) is 77.2 Å². The number of nitrogens with zero attached hydrogens (tertiary/aromatic N) is 10. The Morgan fingerprint density at radius 2 is 1.39 bits per heavy atom. The van der Waals surface area contributed by atoms with E-state index in [1.165, 1.54) is 29.2 Å². The minimum absolute atomic E-state index is 0.806. The summed E-state index contributed by atoms with van der Waals surface area (Å²) in [6, 6.07) is 7.76. The van der Waals surface area contributed by atoms with Gasteiger partial charge in [-0.3, -0.25) is 15.1 Å². The molecular weight excluding hydrogens is 971 g/mol. The first-order valence-corrected chi connectivity index (χ1v) is 24.3. The molecule has 0 saturated carbocycles. The highest BCUT2D eigenvalue weighted by atomic mass is 32.1. The summed E-state index contributed by atoms with van der Waals surface area (Å²) < 4.78 is 3.76. The number of imidazole rings is 2. The van der Waals surface area contributed by atoms with Crippen LogP contribution in [0.1, 0.15) is 0 Å². The minimum atomic E-state index is 0.806. The molecule has 9 aromatic heterocycles. The first kappa shape index (κ1) is 60.0. The average molecular weight is 1040 g/mol. The molecule has 10 heterocycles. The molecule has 0 bridgehead atoms. The Morgan fingerprint density at radius 1 is 0.586 bits per heavy atom. The van der Waals surface area contributed by atoms with Gasteiger partial charge in [-0.2, -0.15) is 9.47 Å². The maximum Gasteiger partial charge on any atom is 0.205 e. The molecular formula is C41H67N25S4. The van der Waals surface area contributed by atoms with Gasteiger partial charge in [-0.15, -0.1) is 32.9 Å². The largest absolute Gasteiger partial charge is 0.387 e. The van der Waals surface area contributed by atoms with Crippen LogP contribution >= 0.6 is 45.5 Å². The van der Waals surface area contributed by atoms with Gasteiger partial charge < -0.3 is 73.1 Å². The summed E-state index contributed by atoms with van der Waals surface area (Å²) in [6.45, 7) is 0.843.